The molecule has 0 spiro atoms. The minimum Gasteiger partial charge on any atom is -0.309 e. The third-order valence-corrected chi connectivity index (χ3v) is 5.22. The molecule has 0 aromatic heterocycles. The molecule has 1 amide bonds. The van der Waals surface area contributed by atoms with Gasteiger partial charge < -0.3 is 9.05 Å². The smallest absolute Gasteiger partial charge is 0.309 e. The fourth-order valence-electron chi connectivity index (χ4n) is 2.03. The number of nitrogens with zero attached hydrogens (tertiary/aromatic N) is 1. The normalized spacial score (nSPS) is 11.5. The van der Waals surface area contributed by atoms with Crippen molar-refractivity contribution in [1.82, 2.24) is 0 Å². The molecule has 0 radical (unpaired) electrons. The number of amides is 1. The summed E-state index contributed by atoms with van der Waals surface area (Å²) in [5, 5.41) is 10.6. The second kappa shape index (κ2) is 9.06. The molecule has 0 aliphatic carbocycles. The molecule has 0 fully saturated rings. The van der Waals surface area contributed by atoms with Crippen LogP contribution in [0.3, 0.4) is 0 Å². The quantitative estimate of drug-likeness (QED) is 0.424. The van der Waals surface area contributed by atoms with Crippen LogP contribution in [0.2, 0.25) is 0 Å². The molecule has 6 nitrogen and oxygen atoms in total. The van der Waals surface area contributed by atoms with Crippen molar-refractivity contribution in [2.24, 2.45) is 0 Å². The lowest BCUT2D eigenvalue weighted by Gasteiger charge is -2.19. The van der Waals surface area contributed by atoms with Crippen LogP contribution >= 0.6 is 7.60 Å². The second-order valence-corrected chi connectivity index (χ2v) is 6.95. The van der Waals surface area contributed by atoms with Crippen LogP contribution in [0, 0.1) is 6.92 Å². The highest BCUT2D eigenvalue weighted by atomic mass is 31.2. The molecule has 1 aromatic rings. The lowest BCUT2D eigenvalue weighted by Crippen LogP contribution is -2.27. The van der Waals surface area contributed by atoms with Crippen molar-refractivity contribution in [3.63, 3.8) is 0 Å². The molecule has 0 saturated heterocycles. The summed E-state index contributed by atoms with van der Waals surface area (Å²) in [6.07, 6.45) is 0.538. The average Bonchev–Trinajstić information content (AvgIpc) is 2.47. The molecule has 0 aliphatic heterocycles. The molecule has 0 aliphatic rings. The van der Waals surface area contributed by atoms with Gasteiger partial charge in [-0.05, 0) is 38.8 Å². The first kappa shape index (κ1) is 18.8. The molecule has 124 valence electrons. The molecule has 0 saturated carbocycles. The Hall–Kier alpha value is -1.20. The average molecular weight is 329 g/mol. The van der Waals surface area contributed by atoms with E-state index in [2.05, 4.69) is 0 Å². The number of benzene rings is 1. The maximum absolute atomic E-state index is 12.3. The maximum atomic E-state index is 12.3. The van der Waals surface area contributed by atoms with Crippen molar-refractivity contribution in [2.75, 3.05) is 24.4 Å². The van der Waals surface area contributed by atoms with Gasteiger partial charge in [0.2, 0.25) is 0 Å². The van der Waals surface area contributed by atoms with Gasteiger partial charge >= 0.3 is 7.60 Å². The number of hydrogen-bond donors (Lipinski definition) is 1. The van der Waals surface area contributed by atoms with Crippen LogP contribution in [0.15, 0.2) is 24.3 Å². The molecule has 1 N–H and O–H groups in total. The Bertz CT molecular complexity index is 524. The number of carbonyl (C=O) groups excluding carboxylic acids is 1. The molecule has 1 rings (SSSR count). The van der Waals surface area contributed by atoms with E-state index in [0.29, 0.717) is 30.4 Å². The van der Waals surface area contributed by atoms with Crippen LogP contribution in [0.5, 0.6) is 0 Å². The molecule has 0 atom stereocenters. The zero-order valence-corrected chi connectivity index (χ0v) is 14.2. The number of anilines is 1. The van der Waals surface area contributed by atoms with Gasteiger partial charge in [0.1, 0.15) is 0 Å². The Labute approximate surface area is 131 Å². The topological polar surface area (TPSA) is 76.1 Å². The van der Waals surface area contributed by atoms with Crippen molar-refractivity contribution in [3.8, 4) is 0 Å². The summed E-state index contributed by atoms with van der Waals surface area (Å²) in [5.74, 6) is -0.450. The Morgan fingerprint density at radius 2 is 1.82 bits per heavy atom. The molecule has 22 heavy (non-hydrogen) atoms. The van der Waals surface area contributed by atoms with Crippen LogP contribution in [0.4, 0.5) is 5.69 Å². The highest BCUT2D eigenvalue weighted by Gasteiger charge is 2.24. The first-order chi connectivity index (χ1) is 10.4. The van der Waals surface area contributed by atoms with E-state index < -0.39 is 13.5 Å². The summed E-state index contributed by atoms with van der Waals surface area (Å²) in [5.41, 5.74) is 1.25. The largest absolute Gasteiger partial charge is 0.330 e. The van der Waals surface area contributed by atoms with Crippen molar-refractivity contribution >= 4 is 19.2 Å². The van der Waals surface area contributed by atoms with Crippen molar-refractivity contribution < 1.29 is 23.6 Å². The zero-order chi connectivity index (χ0) is 16.6. The van der Waals surface area contributed by atoms with Gasteiger partial charge in [0.25, 0.3) is 5.91 Å². The second-order valence-electron chi connectivity index (χ2n) is 4.77. The van der Waals surface area contributed by atoms with Crippen LogP contribution in [0.25, 0.3) is 0 Å². The third kappa shape index (κ3) is 5.54. The summed E-state index contributed by atoms with van der Waals surface area (Å²) in [7, 11) is -3.14. The van der Waals surface area contributed by atoms with Crippen molar-refractivity contribution in [2.45, 2.75) is 33.6 Å². The number of hydroxylamine groups is 1. The van der Waals surface area contributed by atoms with Gasteiger partial charge in [0.15, 0.2) is 0 Å². The lowest BCUT2D eigenvalue weighted by molar-refractivity contribution is -0.123. The van der Waals surface area contributed by atoms with E-state index >= 15 is 0 Å². The Morgan fingerprint density at radius 1 is 1.23 bits per heavy atom. The van der Waals surface area contributed by atoms with Gasteiger partial charge in [0, 0.05) is 6.42 Å². The first-order valence-corrected chi connectivity index (χ1v) is 9.12. The molecule has 0 heterocycles. The minimum atomic E-state index is -3.14. The molecule has 1 aromatic carbocycles. The van der Waals surface area contributed by atoms with E-state index in [1.165, 1.54) is 0 Å². The highest BCUT2D eigenvalue weighted by Crippen LogP contribution is 2.48. The Balaban J connectivity index is 2.55. The number of rotatable bonds is 9. The van der Waals surface area contributed by atoms with Gasteiger partial charge in [-0.15, -0.1) is 0 Å². The van der Waals surface area contributed by atoms with E-state index in [9.17, 15) is 14.6 Å². The van der Waals surface area contributed by atoms with E-state index in [0.717, 1.165) is 5.56 Å². The minimum absolute atomic E-state index is 0.0645. The standard InChI is InChI=1S/C15H24NO5P/c1-4-20-22(19,21-5-2)12-8-11-15(17)16(18)14-10-7-6-9-13(14)3/h6-7,9-10,18H,4-5,8,11-12H2,1-3H3. The number of para-hydroxylation sites is 1. The summed E-state index contributed by atoms with van der Waals surface area (Å²) in [6.45, 7) is 5.88. The first-order valence-electron chi connectivity index (χ1n) is 7.39. The van der Waals surface area contributed by atoms with Crippen LogP contribution < -0.4 is 5.06 Å². The van der Waals surface area contributed by atoms with Gasteiger partial charge in [0.05, 0.1) is 25.1 Å². The Morgan fingerprint density at radius 3 is 2.36 bits per heavy atom. The molecule has 0 unspecified atom stereocenters. The molecule has 7 heteroatoms. The Kier molecular flexibility index (Phi) is 7.76. The monoisotopic (exact) mass is 329 g/mol. The van der Waals surface area contributed by atoms with Crippen LogP contribution in [0.1, 0.15) is 32.3 Å². The van der Waals surface area contributed by atoms with E-state index in [4.69, 9.17) is 9.05 Å². The fourth-order valence-corrected chi connectivity index (χ4v) is 3.69. The molecular weight excluding hydrogens is 305 g/mol. The van der Waals surface area contributed by atoms with Crippen molar-refractivity contribution in [1.29, 1.82) is 0 Å². The predicted molar refractivity (Wildman–Crippen MR) is 85.4 cm³/mol. The number of hydrogen-bond acceptors (Lipinski definition) is 5. The van der Waals surface area contributed by atoms with Gasteiger partial charge in [-0.2, -0.15) is 5.06 Å². The summed E-state index contributed by atoms with van der Waals surface area (Å²) in [4.78, 5) is 12.0. The van der Waals surface area contributed by atoms with Crippen LogP contribution in [-0.2, 0) is 18.4 Å². The van der Waals surface area contributed by atoms with E-state index in [-0.39, 0.29) is 12.6 Å². The van der Waals surface area contributed by atoms with E-state index in [1.807, 2.05) is 19.1 Å². The predicted octanol–water partition coefficient (Wildman–Crippen LogP) is 3.76. The van der Waals surface area contributed by atoms with E-state index in [1.54, 1.807) is 26.0 Å². The third-order valence-electron chi connectivity index (χ3n) is 3.05. The SMILES string of the molecule is CCOP(=O)(CCCC(=O)N(O)c1ccccc1C)OCC. The van der Waals surface area contributed by atoms with Crippen LogP contribution in [-0.4, -0.2) is 30.5 Å². The number of carbonyl (C=O) groups is 1. The maximum Gasteiger partial charge on any atom is 0.330 e. The van der Waals surface area contributed by atoms with Crippen molar-refractivity contribution in [3.05, 3.63) is 29.8 Å². The summed E-state index contributed by atoms with van der Waals surface area (Å²) < 4.78 is 22.6. The zero-order valence-electron chi connectivity index (χ0n) is 13.3. The van der Waals surface area contributed by atoms with Gasteiger partial charge in [-0.3, -0.25) is 14.6 Å². The summed E-state index contributed by atoms with van der Waals surface area (Å²) >= 11 is 0. The molecular formula is C15H24NO5P. The lowest BCUT2D eigenvalue weighted by atomic mass is 10.2. The highest BCUT2D eigenvalue weighted by molar-refractivity contribution is 7.53. The number of aryl methyl sites for hydroxylation is 1. The van der Waals surface area contributed by atoms with Gasteiger partial charge in [-0.1, -0.05) is 18.2 Å². The molecule has 0 bridgehead atoms. The fraction of sp³-hybridized carbons (Fsp3) is 0.533. The summed E-state index contributed by atoms with van der Waals surface area (Å²) in [6, 6.07) is 7.05. The van der Waals surface area contributed by atoms with Gasteiger partial charge in [-0.25, -0.2) is 0 Å².